The second-order valence-electron chi connectivity index (χ2n) is 4.36. The molecule has 0 N–H and O–H groups in total. The van der Waals surface area contributed by atoms with Crippen molar-refractivity contribution in [1.82, 2.24) is 0 Å². The number of epoxide rings is 1. The summed E-state index contributed by atoms with van der Waals surface area (Å²) < 4.78 is 10.7. The van der Waals surface area contributed by atoms with Crippen molar-refractivity contribution in [1.29, 1.82) is 0 Å². The van der Waals surface area contributed by atoms with E-state index in [2.05, 4.69) is 13.1 Å². The lowest BCUT2D eigenvalue weighted by Gasteiger charge is -2.21. The lowest BCUT2D eigenvalue weighted by Crippen LogP contribution is -2.30. The molecular weight excluding hydrogens is 212 g/mol. The van der Waals surface area contributed by atoms with E-state index in [1.54, 1.807) is 0 Å². The van der Waals surface area contributed by atoms with Crippen LogP contribution in [0.3, 0.4) is 0 Å². The molecule has 0 aromatic heterocycles. The van der Waals surface area contributed by atoms with Gasteiger partial charge in [0.15, 0.2) is 8.32 Å². The molecule has 0 bridgehead atoms. The molecule has 15 heavy (non-hydrogen) atoms. The van der Waals surface area contributed by atoms with E-state index in [1.807, 2.05) is 6.92 Å². The van der Waals surface area contributed by atoms with Crippen LogP contribution in [0, 0.1) is 0 Å². The Kier molecular flexibility index (Phi) is 5.77. The second kappa shape index (κ2) is 6.60. The zero-order chi connectivity index (χ0) is 11.1. The summed E-state index contributed by atoms with van der Waals surface area (Å²) in [7, 11) is -1.43. The quantitative estimate of drug-likeness (QED) is 0.201. The van der Waals surface area contributed by atoms with Crippen LogP contribution in [0.2, 0.25) is 19.1 Å². The monoisotopic (exact) mass is 234 g/mol. The first-order chi connectivity index (χ1) is 7.14. The van der Waals surface area contributed by atoms with E-state index in [-0.39, 0.29) is 6.10 Å². The molecule has 0 aliphatic carbocycles. The Bertz CT molecular complexity index is 171. The van der Waals surface area contributed by atoms with Crippen LogP contribution in [0.25, 0.3) is 0 Å². The van der Waals surface area contributed by atoms with Crippen LogP contribution in [0.5, 0.6) is 0 Å². The maximum Gasteiger partial charge on any atom is 0.186 e. The van der Waals surface area contributed by atoms with Crippen LogP contribution in [-0.4, -0.2) is 40.8 Å². The Morgan fingerprint density at radius 2 is 2.07 bits per heavy atom. The summed E-state index contributed by atoms with van der Waals surface area (Å²) in [5.74, 6) is 0. The number of ether oxygens (including phenoxy) is 1. The van der Waals surface area contributed by atoms with E-state index in [1.165, 1.54) is 0 Å². The summed E-state index contributed by atoms with van der Waals surface area (Å²) in [6, 6.07) is 1.12. The third kappa shape index (κ3) is 7.02. The zero-order valence-electron chi connectivity index (χ0n) is 9.95. The van der Waals surface area contributed by atoms with Gasteiger partial charge < -0.3 is 9.16 Å². The molecule has 1 heterocycles. The average molecular weight is 234 g/mol. The minimum absolute atomic E-state index is 0.277. The van der Waals surface area contributed by atoms with E-state index in [9.17, 15) is 0 Å². The molecule has 0 radical (unpaired) electrons. The lowest BCUT2D eigenvalue weighted by molar-refractivity contribution is -0.296. The predicted molar refractivity (Wildman–Crippen MR) is 60.2 cm³/mol. The van der Waals surface area contributed by atoms with Gasteiger partial charge in [-0.25, -0.2) is 9.78 Å². The molecule has 1 aliphatic rings. The van der Waals surface area contributed by atoms with E-state index < -0.39 is 8.32 Å². The summed E-state index contributed by atoms with van der Waals surface area (Å²) in [5.41, 5.74) is 0. The minimum atomic E-state index is -1.43. The van der Waals surface area contributed by atoms with Gasteiger partial charge >= 0.3 is 0 Å². The van der Waals surface area contributed by atoms with Crippen LogP contribution in [0.1, 0.15) is 13.3 Å². The van der Waals surface area contributed by atoms with Crippen molar-refractivity contribution in [3.05, 3.63) is 0 Å². The van der Waals surface area contributed by atoms with Crippen LogP contribution in [-0.2, 0) is 18.9 Å². The molecule has 1 saturated heterocycles. The second-order valence-corrected chi connectivity index (χ2v) is 8.67. The first-order valence-corrected chi connectivity index (χ1v) is 8.75. The highest BCUT2D eigenvalue weighted by Crippen LogP contribution is 2.14. The van der Waals surface area contributed by atoms with Gasteiger partial charge in [0.2, 0.25) is 0 Å². The van der Waals surface area contributed by atoms with Gasteiger partial charge in [-0.1, -0.05) is 0 Å². The van der Waals surface area contributed by atoms with Crippen molar-refractivity contribution in [2.75, 3.05) is 26.4 Å². The summed E-state index contributed by atoms with van der Waals surface area (Å²) >= 11 is 0. The highest BCUT2D eigenvalue weighted by atomic mass is 28.4. The first kappa shape index (κ1) is 13.1. The molecule has 5 heteroatoms. The molecule has 1 unspecified atom stereocenters. The Morgan fingerprint density at radius 1 is 1.33 bits per heavy atom. The smallest absolute Gasteiger partial charge is 0.186 e. The minimum Gasteiger partial charge on any atom is -0.418 e. The van der Waals surface area contributed by atoms with Crippen molar-refractivity contribution < 1.29 is 18.9 Å². The summed E-state index contributed by atoms with van der Waals surface area (Å²) in [5, 5.41) is 0. The molecule has 1 fully saturated rings. The fourth-order valence-electron chi connectivity index (χ4n) is 1.37. The molecule has 0 aromatic carbocycles. The highest BCUT2D eigenvalue weighted by molar-refractivity contribution is 6.71. The normalized spacial score (nSPS) is 20.6. The fraction of sp³-hybridized carbons (Fsp3) is 1.00. The number of hydrogen-bond acceptors (Lipinski definition) is 4. The van der Waals surface area contributed by atoms with Crippen molar-refractivity contribution in [2.45, 2.75) is 38.6 Å². The molecule has 0 spiro atoms. The van der Waals surface area contributed by atoms with Gasteiger partial charge in [0, 0.05) is 6.61 Å². The van der Waals surface area contributed by atoms with Crippen molar-refractivity contribution >= 4 is 8.32 Å². The summed E-state index contributed by atoms with van der Waals surface area (Å²) in [6.07, 6.45) is 1.28. The van der Waals surface area contributed by atoms with Gasteiger partial charge in [-0.2, -0.15) is 0 Å². The Hall–Kier alpha value is 0.0569. The topological polar surface area (TPSA) is 40.2 Å². The zero-order valence-corrected chi connectivity index (χ0v) is 11.0. The Balaban J connectivity index is 1.86. The van der Waals surface area contributed by atoms with Crippen LogP contribution >= 0.6 is 0 Å². The largest absolute Gasteiger partial charge is 0.418 e. The molecule has 4 nitrogen and oxygen atoms in total. The Morgan fingerprint density at radius 3 is 2.67 bits per heavy atom. The van der Waals surface area contributed by atoms with Gasteiger partial charge in [-0.15, -0.1) is 0 Å². The molecule has 90 valence electrons. The molecular formula is C10H22O4Si. The number of hydrogen-bond donors (Lipinski definition) is 0. The fourth-order valence-corrected chi connectivity index (χ4v) is 3.29. The van der Waals surface area contributed by atoms with Gasteiger partial charge in [0.05, 0.1) is 13.2 Å². The highest BCUT2D eigenvalue weighted by Gasteiger charge is 2.23. The third-order valence-corrected chi connectivity index (χ3v) is 4.91. The van der Waals surface area contributed by atoms with E-state index in [0.29, 0.717) is 13.2 Å². The van der Waals surface area contributed by atoms with Gasteiger partial charge in [0.1, 0.15) is 12.7 Å². The van der Waals surface area contributed by atoms with Crippen LogP contribution < -0.4 is 0 Å². The van der Waals surface area contributed by atoms with Crippen LogP contribution in [0.4, 0.5) is 0 Å². The van der Waals surface area contributed by atoms with Crippen molar-refractivity contribution in [3.8, 4) is 0 Å². The van der Waals surface area contributed by atoms with E-state index in [0.717, 1.165) is 25.7 Å². The average Bonchev–Trinajstić information content (AvgIpc) is 2.94. The summed E-state index contributed by atoms with van der Waals surface area (Å²) in [6.45, 7) is 9.35. The molecule has 0 saturated carbocycles. The maximum atomic E-state index is 5.71. The molecule has 1 aliphatic heterocycles. The molecule has 1 atom stereocenters. The van der Waals surface area contributed by atoms with Crippen LogP contribution in [0.15, 0.2) is 0 Å². The first-order valence-electron chi connectivity index (χ1n) is 5.64. The van der Waals surface area contributed by atoms with E-state index >= 15 is 0 Å². The molecule has 0 amide bonds. The Labute approximate surface area is 92.9 Å². The van der Waals surface area contributed by atoms with Gasteiger partial charge in [-0.05, 0) is 32.5 Å². The van der Waals surface area contributed by atoms with Crippen molar-refractivity contribution in [2.24, 2.45) is 0 Å². The van der Waals surface area contributed by atoms with Gasteiger partial charge in [-0.3, -0.25) is 0 Å². The van der Waals surface area contributed by atoms with Crippen molar-refractivity contribution in [3.63, 3.8) is 0 Å². The number of rotatable bonds is 9. The molecule has 0 aromatic rings. The lowest BCUT2D eigenvalue weighted by atomic mass is 10.5. The summed E-state index contributed by atoms with van der Waals surface area (Å²) in [4.78, 5) is 10.0. The standard InChI is InChI=1S/C10H22O4Si/c1-4-14-15(2,3)7-5-6-12-13-9-10-8-11-10/h10H,4-9H2,1-3H3. The van der Waals surface area contributed by atoms with Gasteiger partial charge in [0.25, 0.3) is 0 Å². The predicted octanol–water partition coefficient (Wildman–Crippen LogP) is 1.97. The SMILES string of the molecule is CCO[Si](C)(C)CCCOOCC1CO1. The molecule has 1 rings (SSSR count). The maximum absolute atomic E-state index is 5.71. The van der Waals surface area contributed by atoms with E-state index in [4.69, 9.17) is 18.9 Å². The third-order valence-electron chi connectivity index (χ3n) is 2.28.